The normalized spacial score (nSPS) is 17.7. The van der Waals surface area contributed by atoms with Crippen LogP contribution in [0.1, 0.15) is 51.0 Å². The SMILES string of the molecule is CCCCCCCC1OC(=O)C(Br)=C1NCc1ccccc1. The molecule has 0 saturated heterocycles. The van der Waals surface area contributed by atoms with Gasteiger partial charge in [-0.25, -0.2) is 4.79 Å². The number of cyclic esters (lactones) is 1. The van der Waals surface area contributed by atoms with Crippen molar-refractivity contribution < 1.29 is 9.53 Å². The second kappa shape index (κ2) is 8.99. The Morgan fingerprint density at radius 3 is 2.59 bits per heavy atom. The monoisotopic (exact) mass is 365 g/mol. The Bertz CT molecular complexity index is 513. The third-order valence-electron chi connectivity index (χ3n) is 3.88. The summed E-state index contributed by atoms with van der Waals surface area (Å²) in [4.78, 5) is 11.8. The van der Waals surface area contributed by atoms with E-state index in [1.54, 1.807) is 0 Å². The van der Waals surface area contributed by atoms with Crippen molar-refractivity contribution in [3.63, 3.8) is 0 Å². The molecule has 2 rings (SSSR count). The van der Waals surface area contributed by atoms with E-state index in [1.807, 2.05) is 18.2 Å². The van der Waals surface area contributed by atoms with Gasteiger partial charge >= 0.3 is 5.97 Å². The van der Waals surface area contributed by atoms with Gasteiger partial charge in [0.05, 0.1) is 5.70 Å². The number of halogens is 1. The van der Waals surface area contributed by atoms with E-state index >= 15 is 0 Å². The molecule has 1 aliphatic rings. The van der Waals surface area contributed by atoms with Crippen molar-refractivity contribution in [1.29, 1.82) is 0 Å². The zero-order valence-electron chi connectivity index (χ0n) is 13.1. The maximum Gasteiger partial charge on any atom is 0.347 e. The minimum absolute atomic E-state index is 0.132. The van der Waals surface area contributed by atoms with Gasteiger partial charge in [0.15, 0.2) is 0 Å². The first-order valence-electron chi connectivity index (χ1n) is 8.10. The predicted octanol–water partition coefficient (Wildman–Crippen LogP) is 4.67. The maximum atomic E-state index is 11.8. The van der Waals surface area contributed by atoms with Gasteiger partial charge in [0.2, 0.25) is 0 Å². The van der Waals surface area contributed by atoms with E-state index in [9.17, 15) is 4.79 Å². The summed E-state index contributed by atoms with van der Waals surface area (Å²) >= 11 is 3.36. The summed E-state index contributed by atoms with van der Waals surface area (Å²) in [5.41, 5.74) is 2.08. The smallest absolute Gasteiger partial charge is 0.347 e. The Morgan fingerprint density at radius 1 is 1.14 bits per heavy atom. The van der Waals surface area contributed by atoms with Crippen molar-refractivity contribution in [2.45, 2.75) is 58.1 Å². The van der Waals surface area contributed by atoms with Crippen molar-refractivity contribution >= 4 is 21.9 Å². The van der Waals surface area contributed by atoms with E-state index in [2.05, 4.69) is 40.3 Å². The molecule has 4 heteroatoms. The van der Waals surface area contributed by atoms with Gasteiger partial charge in [0, 0.05) is 6.54 Å². The van der Waals surface area contributed by atoms with Crippen molar-refractivity contribution in [3.8, 4) is 0 Å². The molecule has 1 aromatic carbocycles. The number of rotatable bonds is 9. The van der Waals surface area contributed by atoms with Crippen LogP contribution in [-0.4, -0.2) is 12.1 Å². The Balaban J connectivity index is 1.86. The van der Waals surface area contributed by atoms with Crippen LogP contribution in [0.2, 0.25) is 0 Å². The van der Waals surface area contributed by atoms with Gasteiger partial charge in [-0.1, -0.05) is 62.9 Å². The van der Waals surface area contributed by atoms with Crippen molar-refractivity contribution in [1.82, 2.24) is 5.32 Å². The van der Waals surface area contributed by atoms with Crippen molar-refractivity contribution in [2.24, 2.45) is 0 Å². The van der Waals surface area contributed by atoms with E-state index in [1.165, 1.54) is 31.2 Å². The fraction of sp³-hybridized carbons (Fsp3) is 0.500. The van der Waals surface area contributed by atoms with Gasteiger partial charge in [0.1, 0.15) is 10.6 Å². The lowest BCUT2D eigenvalue weighted by molar-refractivity contribution is -0.139. The molecule has 1 aromatic rings. The van der Waals surface area contributed by atoms with E-state index in [0.717, 1.165) is 18.5 Å². The molecular formula is C18H24BrNO2. The van der Waals surface area contributed by atoms with Gasteiger partial charge in [0.25, 0.3) is 0 Å². The van der Waals surface area contributed by atoms with Crippen LogP contribution in [-0.2, 0) is 16.1 Å². The quantitative estimate of drug-likeness (QED) is 0.510. The highest BCUT2D eigenvalue weighted by molar-refractivity contribution is 9.12. The molecule has 0 radical (unpaired) electrons. The van der Waals surface area contributed by atoms with Crippen molar-refractivity contribution in [2.75, 3.05) is 0 Å². The number of carbonyl (C=O) groups excluding carboxylic acids is 1. The zero-order chi connectivity index (χ0) is 15.8. The molecule has 1 aliphatic heterocycles. The number of esters is 1. The van der Waals surface area contributed by atoms with Gasteiger partial charge in [-0.05, 0) is 34.3 Å². The number of benzene rings is 1. The standard InChI is InChI=1S/C18H24BrNO2/c1-2-3-4-5-9-12-15-17(16(19)18(21)22-15)20-13-14-10-7-6-8-11-14/h6-8,10-11,15,20H,2-5,9,12-13H2,1H3. The molecule has 0 aromatic heterocycles. The summed E-state index contributed by atoms with van der Waals surface area (Å²) < 4.78 is 6.00. The fourth-order valence-electron chi connectivity index (χ4n) is 2.61. The van der Waals surface area contributed by atoms with Gasteiger partial charge in [-0.2, -0.15) is 0 Å². The van der Waals surface area contributed by atoms with Gasteiger partial charge in [-0.3, -0.25) is 0 Å². The number of nitrogens with one attached hydrogen (secondary N) is 1. The van der Waals surface area contributed by atoms with Crippen LogP contribution < -0.4 is 5.32 Å². The minimum Gasteiger partial charge on any atom is -0.452 e. The van der Waals surface area contributed by atoms with Gasteiger partial charge in [-0.15, -0.1) is 0 Å². The topological polar surface area (TPSA) is 38.3 Å². The highest BCUT2D eigenvalue weighted by Gasteiger charge is 2.32. The van der Waals surface area contributed by atoms with Gasteiger partial charge < -0.3 is 10.1 Å². The van der Waals surface area contributed by atoms with Crippen LogP contribution in [0.5, 0.6) is 0 Å². The Morgan fingerprint density at radius 2 is 1.86 bits per heavy atom. The molecule has 3 nitrogen and oxygen atoms in total. The Hall–Kier alpha value is -1.29. The van der Waals surface area contributed by atoms with Crippen LogP contribution in [0.4, 0.5) is 0 Å². The van der Waals surface area contributed by atoms with E-state index in [4.69, 9.17) is 4.74 Å². The lowest BCUT2D eigenvalue weighted by atomic mass is 10.1. The first-order valence-corrected chi connectivity index (χ1v) is 8.90. The fourth-order valence-corrected chi connectivity index (χ4v) is 3.10. The average molecular weight is 366 g/mol. The van der Waals surface area contributed by atoms with E-state index in [-0.39, 0.29) is 12.1 Å². The molecule has 1 heterocycles. The average Bonchev–Trinajstić information content (AvgIpc) is 2.81. The third kappa shape index (κ3) is 4.87. The molecule has 22 heavy (non-hydrogen) atoms. The summed E-state index contributed by atoms with van der Waals surface area (Å²) in [6, 6.07) is 10.2. The summed E-state index contributed by atoms with van der Waals surface area (Å²) in [5.74, 6) is -0.255. The Labute approximate surface area is 141 Å². The molecule has 0 amide bonds. The molecule has 0 aliphatic carbocycles. The molecular weight excluding hydrogens is 342 g/mol. The van der Waals surface area contributed by atoms with Crippen LogP contribution in [0.3, 0.4) is 0 Å². The van der Waals surface area contributed by atoms with E-state index in [0.29, 0.717) is 11.0 Å². The summed E-state index contributed by atoms with van der Waals surface area (Å²) in [5, 5.41) is 3.37. The summed E-state index contributed by atoms with van der Waals surface area (Å²) in [6.07, 6.45) is 6.83. The zero-order valence-corrected chi connectivity index (χ0v) is 14.7. The second-order valence-corrected chi connectivity index (χ2v) is 6.46. The molecule has 0 fully saturated rings. The summed E-state index contributed by atoms with van der Waals surface area (Å²) in [7, 11) is 0. The number of unbranched alkanes of at least 4 members (excludes halogenated alkanes) is 4. The lowest BCUT2D eigenvalue weighted by Crippen LogP contribution is -2.23. The van der Waals surface area contributed by atoms with Crippen LogP contribution >= 0.6 is 15.9 Å². The lowest BCUT2D eigenvalue weighted by Gasteiger charge is -2.16. The molecule has 0 saturated carbocycles. The molecule has 1 unspecified atom stereocenters. The highest BCUT2D eigenvalue weighted by atomic mass is 79.9. The van der Waals surface area contributed by atoms with Crippen molar-refractivity contribution in [3.05, 3.63) is 46.1 Å². The number of ether oxygens (including phenoxy) is 1. The minimum atomic E-state index is -0.255. The molecule has 1 N–H and O–H groups in total. The molecule has 1 atom stereocenters. The molecule has 0 bridgehead atoms. The number of carbonyl (C=O) groups is 1. The number of hydrogen-bond acceptors (Lipinski definition) is 3. The predicted molar refractivity (Wildman–Crippen MR) is 92.5 cm³/mol. The number of hydrogen-bond donors (Lipinski definition) is 1. The Kier molecular flexibility index (Phi) is 6.97. The van der Waals surface area contributed by atoms with Crippen LogP contribution in [0.25, 0.3) is 0 Å². The first kappa shape index (κ1) is 17.1. The molecule has 120 valence electrons. The largest absolute Gasteiger partial charge is 0.452 e. The maximum absolute atomic E-state index is 11.8. The van der Waals surface area contributed by atoms with E-state index < -0.39 is 0 Å². The van der Waals surface area contributed by atoms with Crippen LogP contribution in [0.15, 0.2) is 40.5 Å². The summed E-state index contributed by atoms with van der Waals surface area (Å²) in [6.45, 7) is 2.92. The van der Waals surface area contributed by atoms with Crippen LogP contribution in [0, 0.1) is 0 Å². The molecule has 0 spiro atoms. The highest BCUT2D eigenvalue weighted by Crippen LogP contribution is 2.29. The second-order valence-electron chi connectivity index (χ2n) is 5.66. The first-order chi connectivity index (χ1) is 10.7. The third-order valence-corrected chi connectivity index (χ3v) is 4.63.